The van der Waals surface area contributed by atoms with Crippen molar-refractivity contribution in [1.82, 2.24) is 15.5 Å². The van der Waals surface area contributed by atoms with Crippen LogP contribution in [0.3, 0.4) is 0 Å². The van der Waals surface area contributed by atoms with Gasteiger partial charge in [-0.05, 0) is 69.7 Å². The summed E-state index contributed by atoms with van der Waals surface area (Å²) in [5, 5.41) is 24.1. The highest BCUT2D eigenvalue weighted by Crippen LogP contribution is 2.36. The minimum absolute atomic E-state index is 0. The number of Topliss-reactive ketones (excluding diaryl/α,β-unsaturated/α-hetero) is 1. The quantitative estimate of drug-likeness (QED) is 0.206. The van der Waals surface area contributed by atoms with Gasteiger partial charge in [0.2, 0.25) is 0 Å². The van der Waals surface area contributed by atoms with Crippen LogP contribution in [0.25, 0.3) is 0 Å². The summed E-state index contributed by atoms with van der Waals surface area (Å²) in [4.78, 5) is 27.5. The van der Waals surface area contributed by atoms with Crippen LogP contribution in [0.4, 0.5) is 0 Å². The Bertz CT molecular complexity index is 725. The summed E-state index contributed by atoms with van der Waals surface area (Å²) < 4.78 is 6.16. The van der Waals surface area contributed by atoms with Gasteiger partial charge in [0.1, 0.15) is 0 Å². The van der Waals surface area contributed by atoms with Crippen molar-refractivity contribution in [2.45, 2.75) is 108 Å². The van der Waals surface area contributed by atoms with Crippen LogP contribution in [0.5, 0.6) is 0 Å². The fourth-order valence-electron chi connectivity index (χ4n) is 6.04. The zero-order valence-electron chi connectivity index (χ0n) is 21.9. The van der Waals surface area contributed by atoms with Crippen molar-refractivity contribution < 1.29 is 19.4 Å². The maximum atomic E-state index is 13.9. The number of piperidine rings is 2. The van der Waals surface area contributed by atoms with Gasteiger partial charge in [-0.25, -0.2) is 0 Å². The SMILES string of the molecule is CC1(C)CCCC(N[C@@H](CC(=O)O)C(=O)C2(CCOC3CCN(C(=N)N)CC3)CCCCN2)C1.Cl.Cl. The molecule has 6 N–H and O–H groups in total. The van der Waals surface area contributed by atoms with Gasteiger partial charge in [-0.2, -0.15) is 0 Å². The van der Waals surface area contributed by atoms with Gasteiger partial charge in [0.05, 0.1) is 24.1 Å². The summed E-state index contributed by atoms with van der Waals surface area (Å²) in [6.45, 7) is 7.14. The highest BCUT2D eigenvalue weighted by Gasteiger charge is 2.44. The molecule has 2 aliphatic heterocycles. The molecular formula is C25H47Cl2N5O4. The molecule has 11 heteroatoms. The Hall–Kier alpha value is -1.13. The number of ether oxygens (including phenoxy) is 1. The third-order valence-electron chi connectivity index (χ3n) is 7.97. The molecule has 3 aliphatic rings. The molecule has 3 fully saturated rings. The maximum Gasteiger partial charge on any atom is 0.305 e. The first-order chi connectivity index (χ1) is 16.1. The second kappa shape index (κ2) is 14.7. The minimum atomic E-state index is -0.944. The maximum absolute atomic E-state index is 13.9. The average molecular weight is 553 g/mol. The van der Waals surface area contributed by atoms with Gasteiger partial charge in [0.25, 0.3) is 0 Å². The number of ketones is 1. The number of aliphatic carboxylic acids is 1. The van der Waals surface area contributed by atoms with Gasteiger partial charge in [-0.1, -0.05) is 20.3 Å². The number of carboxylic acids is 1. The van der Waals surface area contributed by atoms with Crippen molar-refractivity contribution in [3.05, 3.63) is 0 Å². The minimum Gasteiger partial charge on any atom is -0.481 e. The van der Waals surface area contributed by atoms with E-state index in [0.29, 0.717) is 32.5 Å². The molecule has 1 saturated carbocycles. The molecule has 0 spiro atoms. The molecule has 210 valence electrons. The van der Waals surface area contributed by atoms with Gasteiger partial charge in [-0.3, -0.25) is 15.0 Å². The van der Waals surface area contributed by atoms with Crippen molar-refractivity contribution in [2.24, 2.45) is 11.1 Å². The van der Waals surface area contributed by atoms with Crippen LogP contribution in [0.15, 0.2) is 0 Å². The molecule has 2 unspecified atom stereocenters. The average Bonchev–Trinajstić information content (AvgIpc) is 2.78. The van der Waals surface area contributed by atoms with Gasteiger partial charge in [0.15, 0.2) is 11.7 Å². The molecule has 2 saturated heterocycles. The van der Waals surface area contributed by atoms with E-state index in [9.17, 15) is 14.7 Å². The van der Waals surface area contributed by atoms with Gasteiger partial charge in [0, 0.05) is 25.7 Å². The molecule has 1 aliphatic carbocycles. The van der Waals surface area contributed by atoms with E-state index < -0.39 is 17.6 Å². The van der Waals surface area contributed by atoms with E-state index in [1.807, 2.05) is 4.90 Å². The first-order valence-corrected chi connectivity index (χ1v) is 13.1. The monoisotopic (exact) mass is 551 g/mol. The Morgan fingerprint density at radius 2 is 1.86 bits per heavy atom. The smallest absolute Gasteiger partial charge is 0.305 e. The lowest BCUT2D eigenvalue weighted by Gasteiger charge is -2.42. The molecule has 3 rings (SSSR count). The second-order valence-electron chi connectivity index (χ2n) is 11.3. The van der Waals surface area contributed by atoms with Crippen LogP contribution >= 0.6 is 24.8 Å². The Kier molecular flexibility index (Phi) is 13.4. The fourth-order valence-corrected chi connectivity index (χ4v) is 6.04. The van der Waals surface area contributed by atoms with Crippen LogP contribution in [0, 0.1) is 10.8 Å². The molecule has 0 aromatic carbocycles. The first kappa shape index (κ1) is 32.9. The molecule has 0 aromatic rings. The third kappa shape index (κ3) is 9.31. The number of guanidine groups is 1. The summed E-state index contributed by atoms with van der Waals surface area (Å²) in [5.41, 5.74) is 5.05. The summed E-state index contributed by atoms with van der Waals surface area (Å²) in [5.74, 6) is -0.860. The molecule has 3 atom stereocenters. The second-order valence-corrected chi connectivity index (χ2v) is 11.3. The Labute approximate surface area is 228 Å². The number of nitrogens with zero attached hydrogens (tertiary/aromatic N) is 1. The lowest BCUT2D eigenvalue weighted by molar-refractivity contribution is -0.141. The Balaban J connectivity index is 0.00000324. The molecule has 0 aromatic heterocycles. The Morgan fingerprint density at radius 1 is 1.17 bits per heavy atom. The van der Waals surface area contributed by atoms with Gasteiger partial charge in [-0.15, -0.1) is 24.8 Å². The van der Waals surface area contributed by atoms with Crippen molar-refractivity contribution in [3.8, 4) is 0 Å². The van der Waals surface area contributed by atoms with Crippen LogP contribution in [-0.2, 0) is 14.3 Å². The number of carboxylic acid groups (broad SMARTS) is 1. The van der Waals surface area contributed by atoms with E-state index in [-0.39, 0.29) is 60.5 Å². The van der Waals surface area contributed by atoms with Crippen molar-refractivity contribution in [2.75, 3.05) is 26.2 Å². The third-order valence-corrected chi connectivity index (χ3v) is 7.97. The van der Waals surface area contributed by atoms with Crippen LogP contribution in [-0.4, -0.2) is 77.7 Å². The van der Waals surface area contributed by atoms with Crippen molar-refractivity contribution in [3.63, 3.8) is 0 Å². The summed E-state index contributed by atoms with van der Waals surface area (Å²) in [6, 6.07) is -0.527. The topological polar surface area (TPSA) is 141 Å². The number of carbonyl (C=O) groups is 2. The molecule has 36 heavy (non-hydrogen) atoms. The molecule has 0 amide bonds. The number of rotatable bonds is 10. The molecule has 2 heterocycles. The van der Waals surface area contributed by atoms with E-state index in [0.717, 1.165) is 57.9 Å². The largest absolute Gasteiger partial charge is 0.481 e. The molecular weight excluding hydrogens is 505 g/mol. The number of hydrogen-bond acceptors (Lipinski definition) is 6. The normalized spacial score (nSPS) is 27.3. The highest BCUT2D eigenvalue weighted by molar-refractivity contribution is 5.95. The number of halogens is 2. The van der Waals surface area contributed by atoms with Gasteiger partial charge < -0.3 is 31.1 Å². The van der Waals surface area contributed by atoms with Crippen molar-refractivity contribution in [1.29, 1.82) is 5.41 Å². The highest BCUT2D eigenvalue weighted by atomic mass is 35.5. The number of nitrogens with one attached hydrogen (secondary N) is 3. The van der Waals surface area contributed by atoms with Crippen LogP contribution in [0.2, 0.25) is 0 Å². The molecule has 0 radical (unpaired) electrons. The lowest BCUT2D eigenvalue weighted by atomic mass is 9.74. The van der Waals surface area contributed by atoms with E-state index in [1.165, 1.54) is 0 Å². The van der Waals surface area contributed by atoms with Gasteiger partial charge >= 0.3 is 5.97 Å². The number of nitrogens with two attached hydrogens (primary N) is 1. The van der Waals surface area contributed by atoms with Crippen molar-refractivity contribution >= 4 is 42.5 Å². The molecule has 9 nitrogen and oxygen atoms in total. The van der Waals surface area contributed by atoms with Crippen LogP contribution < -0.4 is 16.4 Å². The predicted octanol–water partition coefficient (Wildman–Crippen LogP) is 3.08. The van der Waals surface area contributed by atoms with E-state index in [2.05, 4.69) is 24.5 Å². The number of likely N-dealkylation sites (tertiary alicyclic amines) is 1. The summed E-state index contributed by atoms with van der Waals surface area (Å²) in [6.07, 6.45) is 8.97. The van der Waals surface area contributed by atoms with E-state index in [4.69, 9.17) is 15.9 Å². The Morgan fingerprint density at radius 3 is 2.42 bits per heavy atom. The van der Waals surface area contributed by atoms with E-state index in [1.54, 1.807) is 0 Å². The summed E-state index contributed by atoms with van der Waals surface area (Å²) >= 11 is 0. The lowest BCUT2D eigenvalue weighted by Crippen LogP contribution is -2.62. The fraction of sp³-hybridized carbons (Fsp3) is 0.880. The zero-order chi connectivity index (χ0) is 24.8. The predicted molar refractivity (Wildman–Crippen MR) is 146 cm³/mol. The van der Waals surface area contributed by atoms with Crippen LogP contribution in [0.1, 0.15) is 84.5 Å². The first-order valence-electron chi connectivity index (χ1n) is 13.1. The van der Waals surface area contributed by atoms with E-state index >= 15 is 0 Å². The number of hydrogen-bond donors (Lipinski definition) is 5. The summed E-state index contributed by atoms with van der Waals surface area (Å²) in [7, 11) is 0. The zero-order valence-corrected chi connectivity index (χ0v) is 23.5. The number of carbonyl (C=O) groups excluding carboxylic acids is 1. The molecule has 0 bridgehead atoms. The standard InChI is InChI=1S/C25H45N5O4.2ClH/c1-24(2)9-5-6-18(17-24)29-20(16-21(31)32)22(33)25(10-3-4-12-28-25)11-15-34-19-7-13-30(14-8-19)23(26)27;;/h18-20,28-29H,3-17H2,1-2H3,(H3,26,27)(H,31,32);2*1H/t18?,20-,25?;;/m0../s1.